The highest BCUT2D eigenvalue weighted by atomic mass is 16.3. The molecule has 1 aliphatic rings. The van der Waals surface area contributed by atoms with Crippen LogP contribution < -0.4 is 4.90 Å². The summed E-state index contributed by atoms with van der Waals surface area (Å²) in [4.78, 5) is 6.88. The Kier molecular flexibility index (Phi) is 2.48. The molecule has 2 aromatic rings. The zero-order chi connectivity index (χ0) is 11.8. The molecule has 0 spiro atoms. The highest BCUT2D eigenvalue weighted by Gasteiger charge is 2.22. The number of benzene rings is 1. The summed E-state index contributed by atoms with van der Waals surface area (Å²) < 4.78 is 0. The second kappa shape index (κ2) is 4.00. The lowest BCUT2D eigenvalue weighted by Crippen LogP contribution is -2.23. The molecule has 0 radical (unpaired) electrons. The van der Waals surface area contributed by atoms with Gasteiger partial charge >= 0.3 is 0 Å². The Morgan fingerprint density at radius 2 is 2.18 bits per heavy atom. The largest absolute Gasteiger partial charge is 0.391 e. The van der Waals surface area contributed by atoms with E-state index in [1.54, 1.807) is 0 Å². The number of aliphatic hydroxyl groups is 1. The van der Waals surface area contributed by atoms with Crippen LogP contribution in [0.5, 0.6) is 0 Å². The summed E-state index contributed by atoms with van der Waals surface area (Å²) in [6, 6.07) is 10.3. The summed E-state index contributed by atoms with van der Waals surface area (Å²) in [6.07, 6.45) is 0.635. The zero-order valence-corrected chi connectivity index (χ0v) is 9.93. The summed E-state index contributed by atoms with van der Waals surface area (Å²) in [5.74, 6) is 1.01. The van der Waals surface area contributed by atoms with Crippen molar-refractivity contribution in [3.05, 3.63) is 35.9 Å². The topological polar surface area (TPSA) is 36.4 Å². The molecule has 0 bridgehead atoms. The van der Waals surface area contributed by atoms with Gasteiger partial charge < -0.3 is 10.0 Å². The van der Waals surface area contributed by atoms with E-state index in [0.29, 0.717) is 6.54 Å². The number of aryl methyl sites for hydroxylation is 1. The standard InChI is InChI=1S/C14H16N2O/c1-10-8-11-4-2-3-5-13(11)15-14(10)16-7-6-12(17)9-16/h2-5,8,12,17H,6-7,9H2,1H3. The number of fused-ring (bicyclic) bond motifs is 1. The predicted molar refractivity (Wildman–Crippen MR) is 69.3 cm³/mol. The maximum Gasteiger partial charge on any atom is 0.132 e. The van der Waals surface area contributed by atoms with Crippen molar-refractivity contribution in [3.63, 3.8) is 0 Å². The van der Waals surface area contributed by atoms with Crippen LogP contribution in [0.1, 0.15) is 12.0 Å². The Morgan fingerprint density at radius 1 is 1.35 bits per heavy atom. The van der Waals surface area contributed by atoms with Gasteiger partial charge in [0, 0.05) is 18.5 Å². The number of nitrogens with zero attached hydrogens (tertiary/aromatic N) is 2. The first-order valence-corrected chi connectivity index (χ1v) is 6.03. The van der Waals surface area contributed by atoms with Gasteiger partial charge in [-0.15, -0.1) is 0 Å². The van der Waals surface area contributed by atoms with E-state index in [2.05, 4.69) is 24.0 Å². The first kappa shape index (κ1) is 10.5. The van der Waals surface area contributed by atoms with E-state index in [4.69, 9.17) is 4.98 Å². The Labute approximate surface area is 101 Å². The predicted octanol–water partition coefficient (Wildman–Crippen LogP) is 2.11. The van der Waals surface area contributed by atoms with Gasteiger partial charge in [-0.3, -0.25) is 0 Å². The Bertz CT molecular complexity index is 553. The van der Waals surface area contributed by atoms with E-state index in [-0.39, 0.29) is 6.10 Å². The van der Waals surface area contributed by atoms with Crippen LogP contribution in [0.15, 0.2) is 30.3 Å². The van der Waals surface area contributed by atoms with Gasteiger partial charge in [0.2, 0.25) is 0 Å². The monoisotopic (exact) mass is 228 g/mol. The number of anilines is 1. The SMILES string of the molecule is Cc1cc2ccccc2nc1N1CCC(O)C1. The molecule has 2 heterocycles. The summed E-state index contributed by atoms with van der Waals surface area (Å²) >= 11 is 0. The highest BCUT2D eigenvalue weighted by Crippen LogP contribution is 2.25. The quantitative estimate of drug-likeness (QED) is 0.812. The van der Waals surface area contributed by atoms with E-state index in [1.165, 1.54) is 10.9 Å². The van der Waals surface area contributed by atoms with E-state index in [9.17, 15) is 5.11 Å². The average Bonchev–Trinajstić information content (AvgIpc) is 2.75. The van der Waals surface area contributed by atoms with Gasteiger partial charge in [0.25, 0.3) is 0 Å². The molecule has 1 unspecified atom stereocenters. The van der Waals surface area contributed by atoms with Crippen molar-refractivity contribution < 1.29 is 5.11 Å². The minimum Gasteiger partial charge on any atom is -0.391 e. The van der Waals surface area contributed by atoms with E-state index in [1.807, 2.05) is 18.2 Å². The van der Waals surface area contributed by atoms with Crippen LogP contribution in [0.2, 0.25) is 0 Å². The lowest BCUT2D eigenvalue weighted by Gasteiger charge is -2.19. The van der Waals surface area contributed by atoms with Crippen molar-refractivity contribution in [2.24, 2.45) is 0 Å². The number of aliphatic hydroxyl groups excluding tert-OH is 1. The summed E-state index contributed by atoms with van der Waals surface area (Å²) in [5, 5.41) is 10.8. The van der Waals surface area contributed by atoms with Crippen molar-refractivity contribution in [1.29, 1.82) is 0 Å². The summed E-state index contributed by atoms with van der Waals surface area (Å²) in [6.45, 7) is 3.68. The Balaban J connectivity index is 2.07. The lowest BCUT2D eigenvalue weighted by atomic mass is 10.1. The maximum atomic E-state index is 9.60. The zero-order valence-electron chi connectivity index (χ0n) is 9.93. The molecular weight excluding hydrogens is 212 g/mol. The molecule has 3 rings (SSSR count). The van der Waals surface area contributed by atoms with Gasteiger partial charge in [-0.05, 0) is 31.0 Å². The molecule has 1 aliphatic heterocycles. The average molecular weight is 228 g/mol. The first-order valence-electron chi connectivity index (χ1n) is 6.03. The van der Waals surface area contributed by atoms with Crippen LogP contribution in [-0.2, 0) is 0 Å². The molecule has 1 saturated heterocycles. The van der Waals surface area contributed by atoms with Gasteiger partial charge in [-0.2, -0.15) is 0 Å². The fraction of sp³-hybridized carbons (Fsp3) is 0.357. The number of aromatic nitrogens is 1. The Hall–Kier alpha value is -1.61. The van der Waals surface area contributed by atoms with Crippen LogP contribution in [-0.4, -0.2) is 29.3 Å². The fourth-order valence-corrected chi connectivity index (χ4v) is 2.47. The molecule has 3 heteroatoms. The second-order valence-electron chi connectivity index (χ2n) is 4.71. The van der Waals surface area contributed by atoms with Crippen molar-refractivity contribution in [2.75, 3.05) is 18.0 Å². The van der Waals surface area contributed by atoms with Gasteiger partial charge in [0.1, 0.15) is 5.82 Å². The van der Waals surface area contributed by atoms with Gasteiger partial charge in [0.05, 0.1) is 11.6 Å². The molecule has 1 N–H and O–H groups in total. The van der Waals surface area contributed by atoms with Crippen LogP contribution in [0.4, 0.5) is 5.82 Å². The third kappa shape index (κ3) is 1.87. The fourth-order valence-electron chi connectivity index (χ4n) is 2.47. The molecule has 1 aromatic carbocycles. The molecule has 1 fully saturated rings. The molecule has 17 heavy (non-hydrogen) atoms. The molecule has 3 nitrogen and oxygen atoms in total. The van der Waals surface area contributed by atoms with E-state index in [0.717, 1.165) is 24.3 Å². The third-order valence-electron chi connectivity index (χ3n) is 3.35. The first-order chi connectivity index (χ1) is 8.24. The molecule has 1 atom stereocenters. The molecule has 1 aromatic heterocycles. The van der Waals surface area contributed by atoms with Crippen LogP contribution in [0, 0.1) is 6.92 Å². The van der Waals surface area contributed by atoms with Crippen molar-refractivity contribution >= 4 is 16.7 Å². The maximum absolute atomic E-state index is 9.60. The van der Waals surface area contributed by atoms with Gasteiger partial charge in [-0.1, -0.05) is 18.2 Å². The van der Waals surface area contributed by atoms with E-state index < -0.39 is 0 Å². The number of para-hydroxylation sites is 1. The minimum absolute atomic E-state index is 0.206. The second-order valence-corrected chi connectivity index (χ2v) is 4.71. The normalized spacial score (nSPS) is 20.1. The van der Waals surface area contributed by atoms with Crippen molar-refractivity contribution in [2.45, 2.75) is 19.4 Å². The third-order valence-corrected chi connectivity index (χ3v) is 3.35. The van der Waals surface area contributed by atoms with E-state index >= 15 is 0 Å². The number of hydrogen-bond donors (Lipinski definition) is 1. The van der Waals surface area contributed by atoms with Crippen LogP contribution >= 0.6 is 0 Å². The highest BCUT2D eigenvalue weighted by molar-refractivity contribution is 5.81. The number of β-amino-alcohol motifs (C(OH)–C–C–N with tert-alkyl or cyclic N) is 1. The lowest BCUT2D eigenvalue weighted by molar-refractivity contribution is 0.198. The minimum atomic E-state index is -0.206. The number of rotatable bonds is 1. The van der Waals surface area contributed by atoms with Gasteiger partial charge in [0.15, 0.2) is 0 Å². The molecule has 0 aliphatic carbocycles. The number of hydrogen-bond acceptors (Lipinski definition) is 3. The smallest absolute Gasteiger partial charge is 0.132 e. The number of pyridine rings is 1. The summed E-state index contributed by atoms with van der Waals surface area (Å²) in [7, 11) is 0. The van der Waals surface area contributed by atoms with Crippen LogP contribution in [0.25, 0.3) is 10.9 Å². The Morgan fingerprint density at radius 3 is 2.94 bits per heavy atom. The molecule has 0 amide bonds. The van der Waals surface area contributed by atoms with Crippen LogP contribution in [0.3, 0.4) is 0 Å². The summed E-state index contributed by atoms with van der Waals surface area (Å²) in [5.41, 5.74) is 2.20. The van der Waals surface area contributed by atoms with Gasteiger partial charge in [-0.25, -0.2) is 4.98 Å². The molecule has 88 valence electrons. The molecule has 0 saturated carbocycles. The van der Waals surface area contributed by atoms with Crippen molar-refractivity contribution in [3.8, 4) is 0 Å². The van der Waals surface area contributed by atoms with Crippen molar-refractivity contribution in [1.82, 2.24) is 4.98 Å². The molecular formula is C14H16N2O.